The average molecular weight is 493 g/mol. The van der Waals surface area contributed by atoms with Gasteiger partial charge in [0.25, 0.3) is 5.91 Å². The van der Waals surface area contributed by atoms with E-state index in [0.717, 1.165) is 6.07 Å². The number of pyridine rings is 1. The molecule has 0 aliphatic carbocycles. The van der Waals surface area contributed by atoms with E-state index >= 15 is 0 Å². The van der Waals surface area contributed by atoms with Crippen molar-refractivity contribution in [2.75, 3.05) is 21.2 Å². The lowest BCUT2D eigenvalue weighted by molar-refractivity contribution is -0.141. The molecule has 2 aromatic heterocycles. The number of benzene rings is 1. The van der Waals surface area contributed by atoms with Gasteiger partial charge in [-0.25, -0.2) is 9.97 Å². The van der Waals surface area contributed by atoms with Crippen LogP contribution in [-0.2, 0) is 11.0 Å². The summed E-state index contributed by atoms with van der Waals surface area (Å²) in [6, 6.07) is 3.87. The monoisotopic (exact) mass is 493 g/mol. The Kier molecular flexibility index (Phi) is 7.34. The van der Waals surface area contributed by atoms with E-state index in [1.54, 1.807) is 34.0 Å². The lowest BCUT2D eigenvalue weighted by Crippen LogP contribution is -2.37. The van der Waals surface area contributed by atoms with E-state index in [1.165, 1.54) is 24.1 Å². The largest absolute Gasteiger partial charge is 0.494 e. The second-order valence-corrected chi connectivity index (χ2v) is 8.29. The molecule has 2 heterocycles. The van der Waals surface area contributed by atoms with Gasteiger partial charge >= 0.3 is 6.18 Å². The third kappa shape index (κ3) is 5.53. The number of rotatable bonds is 7. The Morgan fingerprint density at radius 1 is 1.17 bits per heavy atom. The molecule has 0 fully saturated rings. The number of ether oxygens (including phenoxy) is 1. The molecule has 35 heavy (non-hydrogen) atoms. The number of oxazole rings is 1. The molecule has 0 radical (unpaired) electrons. The number of nitrogens with two attached hydrogens (primary N) is 1. The maximum Gasteiger partial charge on any atom is 0.433 e. The quantitative estimate of drug-likeness (QED) is 0.516. The first-order valence-corrected chi connectivity index (χ1v) is 10.7. The average Bonchev–Trinajstić information content (AvgIpc) is 3.23. The molecule has 3 N–H and O–H groups in total. The molecular formula is C23H26F3N5O4. The molecule has 12 heteroatoms. The maximum atomic E-state index is 13.2. The molecule has 0 aliphatic heterocycles. The van der Waals surface area contributed by atoms with Crippen LogP contribution in [0.1, 0.15) is 48.3 Å². The second-order valence-electron chi connectivity index (χ2n) is 8.29. The molecule has 1 aromatic carbocycles. The van der Waals surface area contributed by atoms with Crippen LogP contribution in [0.15, 0.2) is 28.7 Å². The number of hydrogen-bond acceptors (Lipinski definition) is 7. The zero-order valence-electron chi connectivity index (χ0n) is 19.9. The van der Waals surface area contributed by atoms with Crippen molar-refractivity contribution in [3.05, 3.63) is 41.4 Å². The van der Waals surface area contributed by atoms with Crippen molar-refractivity contribution in [1.82, 2.24) is 20.2 Å². The first kappa shape index (κ1) is 25.9. The number of fused-ring (bicyclic) bond motifs is 1. The van der Waals surface area contributed by atoms with E-state index in [9.17, 15) is 22.8 Å². The number of carbonyl (C=O) groups excluding carboxylic acids is 2. The molecule has 2 atom stereocenters. The van der Waals surface area contributed by atoms with E-state index in [0.29, 0.717) is 5.56 Å². The topological polar surface area (TPSA) is 124 Å². The predicted octanol–water partition coefficient (Wildman–Crippen LogP) is 3.53. The fraction of sp³-hybridized carbons (Fsp3) is 0.391. The van der Waals surface area contributed by atoms with Gasteiger partial charge in [-0.3, -0.25) is 9.59 Å². The van der Waals surface area contributed by atoms with Gasteiger partial charge in [0.15, 0.2) is 11.5 Å². The van der Waals surface area contributed by atoms with Crippen molar-refractivity contribution in [2.45, 2.75) is 38.5 Å². The zero-order chi connectivity index (χ0) is 26.1. The Labute approximate surface area is 199 Å². The molecule has 0 aliphatic rings. The summed E-state index contributed by atoms with van der Waals surface area (Å²) >= 11 is 0. The second kappa shape index (κ2) is 9.90. The van der Waals surface area contributed by atoms with Gasteiger partial charge in [-0.2, -0.15) is 13.2 Å². The summed E-state index contributed by atoms with van der Waals surface area (Å²) in [6.07, 6.45) is -4.57. The fourth-order valence-corrected chi connectivity index (χ4v) is 3.41. The minimum Gasteiger partial charge on any atom is -0.494 e. The van der Waals surface area contributed by atoms with Crippen molar-refractivity contribution < 1.29 is 31.9 Å². The highest BCUT2D eigenvalue weighted by molar-refractivity contribution is 5.98. The summed E-state index contributed by atoms with van der Waals surface area (Å²) in [5, 5.41) is 2.98. The molecular weight excluding hydrogens is 467 g/mol. The van der Waals surface area contributed by atoms with Crippen molar-refractivity contribution in [1.29, 1.82) is 0 Å². The summed E-state index contributed by atoms with van der Waals surface area (Å²) in [7, 11) is 4.54. The van der Waals surface area contributed by atoms with Crippen LogP contribution in [0.4, 0.5) is 13.2 Å². The molecule has 0 bridgehead atoms. The van der Waals surface area contributed by atoms with Gasteiger partial charge in [0, 0.05) is 37.5 Å². The van der Waals surface area contributed by atoms with Crippen LogP contribution >= 0.6 is 0 Å². The number of hydrogen-bond donors (Lipinski definition) is 2. The number of nitrogens with one attached hydrogen (secondary N) is 1. The van der Waals surface area contributed by atoms with Crippen molar-refractivity contribution in [3.63, 3.8) is 0 Å². The smallest absolute Gasteiger partial charge is 0.433 e. The van der Waals surface area contributed by atoms with Crippen LogP contribution in [0, 0.1) is 0 Å². The van der Waals surface area contributed by atoms with Gasteiger partial charge in [0.2, 0.25) is 11.8 Å². The number of halogens is 3. The van der Waals surface area contributed by atoms with E-state index in [-0.39, 0.29) is 46.3 Å². The molecule has 0 saturated carbocycles. The molecule has 3 aromatic rings. The van der Waals surface area contributed by atoms with E-state index < -0.39 is 29.9 Å². The highest BCUT2D eigenvalue weighted by atomic mass is 19.4. The Balaban J connectivity index is 2.05. The van der Waals surface area contributed by atoms with Crippen LogP contribution < -0.4 is 15.8 Å². The van der Waals surface area contributed by atoms with Crippen LogP contribution in [0.2, 0.25) is 0 Å². The van der Waals surface area contributed by atoms with Gasteiger partial charge in [-0.05, 0) is 38.1 Å². The summed E-state index contributed by atoms with van der Waals surface area (Å²) in [6.45, 7) is 3.27. The van der Waals surface area contributed by atoms with Gasteiger partial charge in [0.1, 0.15) is 17.0 Å². The lowest BCUT2D eigenvalue weighted by Gasteiger charge is -2.16. The van der Waals surface area contributed by atoms with Gasteiger partial charge in [-0.1, -0.05) is 0 Å². The minimum absolute atomic E-state index is 0.0197. The van der Waals surface area contributed by atoms with Crippen molar-refractivity contribution >= 4 is 22.7 Å². The maximum absolute atomic E-state index is 13.2. The lowest BCUT2D eigenvalue weighted by atomic mass is 10.1. The summed E-state index contributed by atoms with van der Waals surface area (Å²) in [4.78, 5) is 34.3. The third-order valence-corrected chi connectivity index (χ3v) is 5.20. The Hall–Kier alpha value is -3.67. The SMILES string of the molecule is COc1ccc(-c2nc(C(=O)N[C@H](C)CC(=O)N(C)C)c([C@H](C)N)o2)c2ccc(C(F)(F)F)nc12. The summed E-state index contributed by atoms with van der Waals surface area (Å²) < 4.78 is 50.6. The van der Waals surface area contributed by atoms with E-state index in [1.807, 2.05) is 0 Å². The number of nitrogens with zero attached hydrogens (tertiary/aromatic N) is 3. The first-order valence-electron chi connectivity index (χ1n) is 10.7. The molecule has 188 valence electrons. The third-order valence-electron chi connectivity index (χ3n) is 5.20. The molecule has 2 amide bonds. The fourth-order valence-electron chi connectivity index (χ4n) is 3.41. The number of methoxy groups -OCH3 is 1. The molecule has 0 saturated heterocycles. The van der Waals surface area contributed by atoms with E-state index in [4.69, 9.17) is 14.9 Å². The summed E-state index contributed by atoms with van der Waals surface area (Å²) in [5.41, 5.74) is 5.10. The highest BCUT2D eigenvalue weighted by Gasteiger charge is 2.33. The van der Waals surface area contributed by atoms with Crippen LogP contribution in [0.3, 0.4) is 0 Å². The van der Waals surface area contributed by atoms with Crippen molar-refractivity contribution in [3.8, 4) is 17.2 Å². The normalized spacial score (nSPS) is 13.4. The van der Waals surface area contributed by atoms with Crippen molar-refractivity contribution in [2.24, 2.45) is 5.73 Å². The van der Waals surface area contributed by atoms with Gasteiger partial charge in [-0.15, -0.1) is 0 Å². The van der Waals surface area contributed by atoms with Crippen LogP contribution in [0.25, 0.3) is 22.4 Å². The van der Waals surface area contributed by atoms with Gasteiger partial charge in [0.05, 0.1) is 13.2 Å². The number of aromatic nitrogens is 2. The molecule has 9 nitrogen and oxygen atoms in total. The highest BCUT2D eigenvalue weighted by Crippen LogP contribution is 2.37. The zero-order valence-corrected chi connectivity index (χ0v) is 19.9. The van der Waals surface area contributed by atoms with Gasteiger partial charge < -0.3 is 25.1 Å². The number of carbonyl (C=O) groups is 2. The predicted molar refractivity (Wildman–Crippen MR) is 122 cm³/mol. The Bertz CT molecular complexity index is 1250. The van der Waals surface area contributed by atoms with Crippen LogP contribution in [-0.4, -0.2) is 53.9 Å². The first-order chi connectivity index (χ1) is 16.3. The molecule has 0 unspecified atom stereocenters. The molecule has 3 rings (SSSR count). The Morgan fingerprint density at radius 3 is 2.43 bits per heavy atom. The Morgan fingerprint density at radius 2 is 1.86 bits per heavy atom. The standard InChI is InChI=1S/C23H26F3N5O4/c1-11(10-17(32)31(3)4)28-21(33)19-20(12(2)27)35-22(30-19)14-6-8-15(34-5)18-13(14)7-9-16(29-18)23(24,25)26/h6-9,11-12H,10,27H2,1-5H3,(H,28,33)/t11-,12+/m1/s1. The summed E-state index contributed by atoms with van der Waals surface area (Å²) in [5.74, 6) is -0.560. The number of amides is 2. The van der Waals surface area contributed by atoms with E-state index in [2.05, 4.69) is 15.3 Å². The number of alkyl halides is 3. The van der Waals surface area contributed by atoms with Crippen LogP contribution in [0.5, 0.6) is 5.75 Å². The minimum atomic E-state index is -4.64. The molecule has 0 spiro atoms.